The molecule has 0 aliphatic rings. The molecule has 0 rings (SSSR count). The SMILES string of the molecule is CCCCOCCC(CC)(CCCC)CNC(C)(C)C. The number of hydrogen-bond donors (Lipinski definition) is 1. The van der Waals surface area contributed by atoms with Crippen LogP contribution in [0.25, 0.3) is 0 Å². The van der Waals surface area contributed by atoms with Crippen LogP contribution in [0.4, 0.5) is 0 Å². The summed E-state index contributed by atoms with van der Waals surface area (Å²) in [6, 6.07) is 0. The number of nitrogens with one attached hydrogen (secondary N) is 1. The summed E-state index contributed by atoms with van der Waals surface area (Å²) in [6.45, 7) is 16.6. The van der Waals surface area contributed by atoms with Gasteiger partial charge in [0.2, 0.25) is 0 Å². The molecule has 0 aliphatic carbocycles. The van der Waals surface area contributed by atoms with Crippen LogP contribution < -0.4 is 5.32 Å². The minimum Gasteiger partial charge on any atom is -0.381 e. The molecular weight excluding hydrogens is 246 g/mol. The summed E-state index contributed by atoms with van der Waals surface area (Å²) in [6.07, 6.45) is 8.78. The second-order valence-electron chi connectivity index (χ2n) is 7.28. The van der Waals surface area contributed by atoms with Crippen molar-refractivity contribution in [3.05, 3.63) is 0 Å². The summed E-state index contributed by atoms with van der Waals surface area (Å²) in [5, 5.41) is 3.72. The molecule has 1 unspecified atom stereocenters. The Labute approximate surface area is 128 Å². The molecule has 0 amide bonds. The second-order valence-corrected chi connectivity index (χ2v) is 7.28. The highest BCUT2D eigenvalue weighted by Crippen LogP contribution is 2.33. The van der Waals surface area contributed by atoms with Gasteiger partial charge in [-0.25, -0.2) is 0 Å². The molecule has 0 radical (unpaired) electrons. The quantitative estimate of drug-likeness (QED) is 0.500. The van der Waals surface area contributed by atoms with Crippen molar-refractivity contribution in [3.63, 3.8) is 0 Å². The topological polar surface area (TPSA) is 21.3 Å². The van der Waals surface area contributed by atoms with Crippen LogP contribution in [-0.4, -0.2) is 25.3 Å². The lowest BCUT2D eigenvalue weighted by molar-refractivity contribution is 0.0798. The van der Waals surface area contributed by atoms with Crippen molar-refractivity contribution < 1.29 is 4.74 Å². The van der Waals surface area contributed by atoms with Crippen LogP contribution in [-0.2, 0) is 4.74 Å². The first-order valence-electron chi connectivity index (χ1n) is 8.72. The summed E-state index contributed by atoms with van der Waals surface area (Å²) in [5.74, 6) is 0. The summed E-state index contributed by atoms with van der Waals surface area (Å²) in [5.41, 5.74) is 0.616. The maximum Gasteiger partial charge on any atom is 0.0471 e. The molecule has 2 heteroatoms. The molecule has 0 aliphatic heterocycles. The van der Waals surface area contributed by atoms with Crippen LogP contribution in [0, 0.1) is 5.41 Å². The lowest BCUT2D eigenvalue weighted by atomic mass is 9.77. The van der Waals surface area contributed by atoms with Gasteiger partial charge in [0.15, 0.2) is 0 Å². The molecule has 1 N–H and O–H groups in total. The highest BCUT2D eigenvalue weighted by Gasteiger charge is 2.28. The molecule has 0 saturated heterocycles. The maximum atomic E-state index is 5.82. The van der Waals surface area contributed by atoms with Crippen LogP contribution in [0.1, 0.15) is 86.5 Å². The molecule has 0 fully saturated rings. The fourth-order valence-corrected chi connectivity index (χ4v) is 2.42. The Balaban J connectivity index is 4.34. The molecule has 2 nitrogen and oxygen atoms in total. The van der Waals surface area contributed by atoms with Crippen LogP contribution in [0.3, 0.4) is 0 Å². The van der Waals surface area contributed by atoms with Crippen LogP contribution in [0.15, 0.2) is 0 Å². The fraction of sp³-hybridized carbons (Fsp3) is 1.00. The summed E-state index contributed by atoms with van der Waals surface area (Å²) >= 11 is 0. The predicted molar refractivity (Wildman–Crippen MR) is 90.3 cm³/mol. The Morgan fingerprint density at radius 2 is 1.50 bits per heavy atom. The van der Waals surface area contributed by atoms with E-state index in [4.69, 9.17) is 4.74 Å². The maximum absolute atomic E-state index is 5.82. The Kier molecular flexibility index (Phi) is 10.6. The lowest BCUT2D eigenvalue weighted by Gasteiger charge is -2.36. The van der Waals surface area contributed by atoms with Gasteiger partial charge in [0.05, 0.1) is 0 Å². The van der Waals surface area contributed by atoms with Crippen molar-refractivity contribution >= 4 is 0 Å². The van der Waals surface area contributed by atoms with E-state index in [9.17, 15) is 0 Å². The molecule has 1 atom stereocenters. The van der Waals surface area contributed by atoms with Crippen molar-refractivity contribution in [3.8, 4) is 0 Å². The molecule has 122 valence electrons. The van der Waals surface area contributed by atoms with E-state index >= 15 is 0 Å². The summed E-state index contributed by atoms with van der Waals surface area (Å²) < 4.78 is 5.82. The zero-order valence-corrected chi connectivity index (χ0v) is 15.0. The summed E-state index contributed by atoms with van der Waals surface area (Å²) in [7, 11) is 0. The third kappa shape index (κ3) is 9.77. The van der Waals surface area contributed by atoms with E-state index in [-0.39, 0.29) is 5.54 Å². The van der Waals surface area contributed by atoms with Crippen LogP contribution in [0.5, 0.6) is 0 Å². The fourth-order valence-electron chi connectivity index (χ4n) is 2.42. The number of unbranched alkanes of at least 4 members (excludes halogenated alkanes) is 2. The normalized spacial score (nSPS) is 15.3. The minimum absolute atomic E-state index is 0.204. The zero-order chi connectivity index (χ0) is 15.5. The van der Waals surface area contributed by atoms with Gasteiger partial charge in [-0.1, -0.05) is 40.0 Å². The Morgan fingerprint density at radius 3 is 2.00 bits per heavy atom. The third-order valence-electron chi connectivity index (χ3n) is 4.22. The molecule has 0 saturated carbocycles. The predicted octanol–water partition coefficient (Wildman–Crippen LogP) is 5.17. The first kappa shape index (κ1) is 19.9. The monoisotopic (exact) mass is 285 g/mol. The van der Waals surface area contributed by atoms with Crippen molar-refractivity contribution in [2.45, 2.75) is 92.0 Å². The van der Waals surface area contributed by atoms with Gasteiger partial charge in [-0.15, -0.1) is 0 Å². The van der Waals surface area contributed by atoms with E-state index in [0.717, 1.165) is 19.8 Å². The van der Waals surface area contributed by atoms with Crippen molar-refractivity contribution in [1.82, 2.24) is 5.32 Å². The van der Waals surface area contributed by atoms with E-state index in [1.165, 1.54) is 44.9 Å². The van der Waals surface area contributed by atoms with E-state index in [1.807, 2.05) is 0 Å². The largest absolute Gasteiger partial charge is 0.381 e. The molecular formula is C18H39NO. The molecule has 0 aromatic carbocycles. The first-order chi connectivity index (χ1) is 9.39. The van der Waals surface area contributed by atoms with E-state index in [0.29, 0.717) is 5.41 Å². The van der Waals surface area contributed by atoms with Crippen LogP contribution in [0.2, 0.25) is 0 Å². The third-order valence-corrected chi connectivity index (χ3v) is 4.22. The average molecular weight is 286 g/mol. The highest BCUT2D eigenvalue weighted by atomic mass is 16.5. The van der Waals surface area contributed by atoms with E-state index in [1.54, 1.807) is 0 Å². The Hall–Kier alpha value is -0.0800. The van der Waals surface area contributed by atoms with E-state index in [2.05, 4.69) is 46.9 Å². The minimum atomic E-state index is 0.204. The van der Waals surface area contributed by atoms with Crippen molar-refractivity contribution in [1.29, 1.82) is 0 Å². The van der Waals surface area contributed by atoms with Gasteiger partial charge < -0.3 is 10.1 Å². The van der Waals surface area contributed by atoms with E-state index < -0.39 is 0 Å². The lowest BCUT2D eigenvalue weighted by Crippen LogP contribution is -2.44. The Bertz CT molecular complexity index is 222. The Morgan fingerprint density at radius 1 is 0.850 bits per heavy atom. The van der Waals surface area contributed by atoms with Gasteiger partial charge in [-0.3, -0.25) is 0 Å². The number of rotatable bonds is 12. The van der Waals surface area contributed by atoms with Gasteiger partial charge in [-0.2, -0.15) is 0 Å². The highest BCUT2D eigenvalue weighted by molar-refractivity contribution is 4.84. The average Bonchev–Trinajstić information content (AvgIpc) is 2.40. The molecule has 0 aromatic heterocycles. The molecule has 0 spiro atoms. The van der Waals surface area contributed by atoms with Gasteiger partial charge in [0.1, 0.15) is 0 Å². The number of hydrogen-bond acceptors (Lipinski definition) is 2. The van der Waals surface area contributed by atoms with Gasteiger partial charge in [0.25, 0.3) is 0 Å². The standard InChI is InChI=1S/C18H39NO/c1-7-10-12-18(9-3,16-19-17(4,5)6)13-15-20-14-11-8-2/h19H,7-16H2,1-6H3. The van der Waals surface area contributed by atoms with Gasteiger partial charge >= 0.3 is 0 Å². The zero-order valence-electron chi connectivity index (χ0n) is 15.0. The smallest absolute Gasteiger partial charge is 0.0471 e. The second kappa shape index (κ2) is 10.6. The summed E-state index contributed by atoms with van der Waals surface area (Å²) in [4.78, 5) is 0. The molecule has 0 heterocycles. The van der Waals surface area contributed by atoms with Crippen molar-refractivity contribution in [2.24, 2.45) is 5.41 Å². The number of ether oxygens (including phenoxy) is 1. The van der Waals surface area contributed by atoms with Gasteiger partial charge in [-0.05, 0) is 51.9 Å². The molecule has 20 heavy (non-hydrogen) atoms. The van der Waals surface area contributed by atoms with Crippen LogP contribution >= 0.6 is 0 Å². The van der Waals surface area contributed by atoms with Gasteiger partial charge in [0, 0.05) is 25.3 Å². The first-order valence-corrected chi connectivity index (χ1v) is 8.72. The van der Waals surface area contributed by atoms with Crippen molar-refractivity contribution in [2.75, 3.05) is 19.8 Å². The molecule has 0 bridgehead atoms. The molecule has 0 aromatic rings.